The molecule has 0 spiro atoms. The minimum atomic E-state index is 0.280. The lowest BCUT2D eigenvalue weighted by molar-refractivity contribution is 1.16. The van der Waals surface area contributed by atoms with Crippen molar-refractivity contribution in [2.75, 3.05) is 0 Å². The fourth-order valence-corrected chi connectivity index (χ4v) is 1.41. The summed E-state index contributed by atoms with van der Waals surface area (Å²) >= 11 is 5.83. The predicted octanol–water partition coefficient (Wildman–Crippen LogP) is 2.60. The van der Waals surface area contributed by atoms with Crippen LogP contribution >= 0.6 is 11.6 Å². The summed E-state index contributed by atoms with van der Waals surface area (Å²) in [5, 5.41) is 0.280. The van der Waals surface area contributed by atoms with Crippen molar-refractivity contribution in [2.45, 2.75) is 11.3 Å². The summed E-state index contributed by atoms with van der Waals surface area (Å²) < 4.78 is 0. The van der Waals surface area contributed by atoms with E-state index in [1.807, 2.05) is 18.2 Å². The second-order valence-electron chi connectivity index (χ2n) is 2.57. The molecule has 1 heteroatoms. The number of hydrogen-bond donors (Lipinski definition) is 0. The largest absolute Gasteiger partial charge is 0.122 e. The molecule has 1 saturated carbocycles. The van der Waals surface area contributed by atoms with Gasteiger partial charge in [-0.25, -0.2) is 0 Å². The Kier molecular flexibility index (Phi) is 1.42. The lowest BCUT2D eigenvalue weighted by Crippen LogP contribution is -1.78. The minimum absolute atomic E-state index is 0.280. The first-order chi connectivity index (χ1) is 4.88. The maximum Gasteiger partial charge on any atom is 0.0445 e. The van der Waals surface area contributed by atoms with Gasteiger partial charge in [0.15, 0.2) is 0 Å². The van der Waals surface area contributed by atoms with Gasteiger partial charge in [0.2, 0.25) is 0 Å². The van der Waals surface area contributed by atoms with E-state index in [0.717, 1.165) is 0 Å². The molecule has 2 atom stereocenters. The van der Waals surface area contributed by atoms with E-state index in [-0.39, 0.29) is 5.38 Å². The first-order valence-corrected chi connectivity index (χ1v) is 3.85. The number of halogens is 1. The summed E-state index contributed by atoms with van der Waals surface area (Å²) in [5.74, 6) is 0.517. The third-order valence-corrected chi connectivity index (χ3v) is 2.19. The normalized spacial score (nSPS) is 30.1. The average Bonchev–Trinajstić information content (AvgIpc) is 2.69. The van der Waals surface area contributed by atoms with Crippen molar-refractivity contribution in [3.8, 4) is 0 Å². The predicted molar refractivity (Wildman–Crippen MR) is 43.1 cm³/mol. The van der Waals surface area contributed by atoms with E-state index in [1.165, 1.54) is 5.56 Å². The highest BCUT2D eigenvalue weighted by atomic mass is 35.5. The van der Waals surface area contributed by atoms with E-state index in [1.54, 1.807) is 0 Å². The Morgan fingerprint density at radius 2 is 1.70 bits per heavy atom. The molecule has 0 N–H and O–H groups in total. The fraction of sp³-hybridized carbons (Fsp3) is 0.222. The molecule has 1 aromatic rings. The summed E-state index contributed by atoms with van der Waals surface area (Å²) in [6, 6.07) is 10.3. The molecule has 1 radical (unpaired) electrons. The van der Waals surface area contributed by atoms with Crippen molar-refractivity contribution in [3.63, 3.8) is 0 Å². The fourth-order valence-electron chi connectivity index (χ4n) is 1.10. The van der Waals surface area contributed by atoms with Gasteiger partial charge in [0.25, 0.3) is 0 Å². The van der Waals surface area contributed by atoms with Crippen LogP contribution in [0.15, 0.2) is 30.3 Å². The van der Waals surface area contributed by atoms with Crippen LogP contribution in [-0.4, -0.2) is 5.38 Å². The Hall–Kier alpha value is -0.490. The van der Waals surface area contributed by atoms with Crippen LogP contribution in [-0.2, 0) is 0 Å². The van der Waals surface area contributed by atoms with Gasteiger partial charge < -0.3 is 0 Å². The highest BCUT2D eigenvalue weighted by Gasteiger charge is 2.36. The summed E-state index contributed by atoms with van der Waals surface area (Å²) in [5.41, 5.74) is 1.34. The Labute approximate surface area is 65.8 Å². The van der Waals surface area contributed by atoms with Gasteiger partial charge in [0.05, 0.1) is 0 Å². The Morgan fingerprint density at radius 1 is 1.10 bits per heavy atom. The zero-order valence-electron chi connectivity index (χ0n) is 5.50. The molecule has 0 aliphatic heterocycles. The molecule has 1 aliphatic rings. The lowest BCUT2D eigenvalue weighted by Gasteiger charge is -1.93. The van der Waals surface area contributed by atoms with E-state index in [4.69, 9.17) is 11.6 Å². The number of benzene rings is 1. The molecule has 2 unspecified atom stereocenters. The topological polar surface area (TPSA) is 0 Å². The van der Waals surface area contributed by atoms with Crippen molar-refractivity contribution in [1.29, 1.82) is 0 Å². The average molecular weight is 152 g/mol. The molecule has 0 heterocycles. The van der Waals surface area contributed by atoms with Crippen LogP contribution in [0.4, 0.5) is 0 Å². The standard InChI is InChI=1S/C9H8Cl/c10-9-6-8(9)7-4-2-1-3-5-7/h1-6,8-9H. The van der Waals surface area contributed by atoms with Gasteiger partial charge in [-0.05, 0) is 12.0 Å². The maximum atomic E-state index is 5.83. The molecule has 1 fully saturated rings. The quantitative estimate of drug-likeness (QED) is 0.542. The van der Waals surface area contributed by atoms with Gasteiger partial charge >= 0.3 is 0 Å². The van der Waals surface area contributed by atoms with E-state index < -0.39 is 0 Å². The number of rotatable bonds is 1. The summed E-state index contributed by atoms with van der Waals surface area (Å²) in [6.45, 7) is 0. The van der Waals surface area contributed by atoms with Gasteiger partial charge in [0.1, 0.15) is 0 Å². The second-order valence-corrected chi connectivity index (χ2v) is 3.08. The Morgan fingerprint density at radius 3 is 2.20 bits per heavy atom. The molecular weight excluding hydrogens is 144 g/mol. The second kappa shape index (κ2) is 2.28. The smallest absolute Gasteiger partial charge is 0.0445 e. The Bertz CT molecular complexity index is 217. The SMILES string of the molecule is ClC1[CH]C1c1ccccc1. The molecule has 10 heavy (non-hydrogen) atoms. The molecule has 0 amide bonds. The summed E-state index contributed by atoms with van der Waals surface area (Å²) in [7, 11) is 0. The van der Waals surface area contributed by atoms with Crippen molar-refractivity contribution in [1.82, 2.24) is 0 Å². The monoisotopic (exact) mass is 151 g/mol. The van der Waals surface area contributed by atoms with Crippen molar-refractivity contribution in [3.05, 3.63) is 42.3 Å². The van der Waals surface area contributed by atoms with E-state index in [9.17, 15) is 0 Å². The van der Waals surface area contributed by atoms with Crippen molar-refractivity contribution in [2.24, 2.45) is 0 Å². The van der Waals surface area contributed by atoms with Crippen LogP contribution in [0.3, 0.4) is 0 Å². The Balaban J connectivity index is 2.20. The lowest BCUT2D eigenvalue weighted by atomic mass is 10.1. The zero-order valence-corrected chi connectivity index (χ0v) is 6.25. The van der Waals surface area contributed by atoms with Gasteiger partial charge in [0, 0.05) is 11.3 Å². The highest BCUT2D eigenvalue weighted by molar-refractivity contribution is 6.24. The molecule has 0 bridgehead atoms. The van der Waals surface area contributed by atoms with Crippen LogP contribution < -0.4 is 0 Å². The first-order valence-electron chi connectivity index (χ1n) is 3.42. The van der Waals surface area contributed by atoms with Gasteiger partial charge in [-0.1, -0.05) is 30.3 Å². The molecular formula is C9H8Cl. The number of hydrogen-bond acceptors (Lipinski definition) is 0. The van der Waals surface area contributed by atoms with Gasteiger partial charge in [-0.3, -0.25) is 0 Å². The van der Waals surface area contributed by atoms with Gasteiger partial charge in [-0.15, -0.1) is 11.6 Å². The van der Waals surface area contributed by atoms with Crippen LogP contribution in [0, 0.1) is 6.42 Å². The van der Waals surface area contributed by atoms with E-state index in [2.05, 4.69) is 18.6 Å². The third kappa shape index (κ3) is 1.04. The van der Waals surface area contributed by atoms with Crippen LogP contribution in [0.1, 0.15) is 11.5 Å². The molecule has 1 aromatic carbocycles. The van der Waals surface area contributed by atoms with E-state index in [0.29, 0.717) is 5.92 Å². The molecule has 0 saturated heterocycles. The highest BCUT2D eigenvalue weighted by Crippen LogP contribution is 2.43. The zero-order chi connectivity index (χ0) is 6.97. The molecule has 1 aliphatic carbocycles. The summed E-state index contributed by atoms with van der Waals surface area (Å²) in [6.07, 6.45) is 2.14. The summed E-state index contributed by atoms with van der Waals surface area (Å²) in [4.78, 5) is 0. The number of alkyl halides is 1. The van der Waals surface area contributed by atoms with Gasteiger partial charge in [-0.2, -0.15) is 0 Å². The minimum Gasteiger partial charge on any atom is -0.122 e. The van der Waals surface area contributed by atoms with Crippen molar-refractivity contribution >= 4 is 11.6 Å². The molecule has 0 aromatic heterocycles. The van der Waals surface area contributed by atoms with Crippen LogP contribution in [0.25, 0.3) is 0 Å². The van der Waals surface area contributed by atoms with Crippen molar-refractivity contribution < 1.29 is 0 Å². The van der Waals surface area contributed by atoms with E-state index >= 15 is 0 Å². The van der Waals surface area contributed by atoms with Crippen LogP contribution in [0.2, 0.25) is 0 Å². The molecule has 0 nitrogen and oxygen atoms in total. The van der Waals surface area contributed by atoms with Crippen LogP contribution in [0.5, 0.6) is 0 Å². The third-order valence-electron chi connectivity index (χ3n) is 1.78. The first kappa shape index (κ1) is 6.23. The maximum absolute atomic E-state index is 5.83. The molecule has 51 valence electrons. The molecule has 2 rings (SSSR count).